The van der Waals surface area contributed by atoms with Gasteiger partial charge in [-0.3, -0.25) is 4.90 Å². The van der Waals surface area contributed by atoms with Crippen LogP contribution in [-0.2, 0) is 0 Å². The Kier molecular flexibility index (Phi) is 3.53. The molecule has 1 atom stereocenters. The predicted octanol–water partition coefficient (Wildman–Crippen LogP) is 3.52. The second-order valence-electron chi connectivity index (χ2n) is 6.83. The van der Waals surface area contributed by atoms with E-state index in [0.717, 1.165) is 29.6 Å². The van der Waals surface area contributed by atoms with E-state index in [-0.39, 0.29) is 0 Å². The van der Waals surface area contributed by atoms with Gasteiger partial charge in [-0.05, 0) is 51.4 Å². The summed E-state index contributed by atoms with van der Waals surface area (Å²) >= 11 is 0. The number of likely N-dealkylation sites (tertiary alicyclic amines) is 1. The van der Waals surface area contributed by atoms with Crippen molar-refractivity contribution in [2.45, 2.75) is 32.9 Å². The third kappa shape index (κ3) is 2.27. The van der Waals surface area contributed by atoms with Gasteiger partial charge in [0.15, 0.2) is 0 Å². The minimum Gasteiger partial charge on any atom is -0.383 e. The van der Waals surface area contributed by atoms with Gasteiger partial charge < -0.3 is 10.3 Å². The van der Waals surface area contributed by atoms with Gasteiger partial charge in [-0.1, -0.05) is 23.8 Å². The molecule has 24 heavy (non-hydrogen) atoms. The van der Waals surface area contributed by atoms with Crippen LogP contribution in [0.4, 0.5) is 5.82 Å². The minimum atomic E-state index is 0.335. The highest BCUT2D eigenvalue weighted by molar-refractivity contribution is 6.01. The van der Waals surface area contributed by atoms with Crippen molar-refractivity contribution in [3.8, 4) is 11.1 Å². The highest BCUT2D eigenvalue weighted by atomic mass is 15.3. The van der Waals surface area contributed by atoms with Crippen LogP contribution in [0.15, 0.2) is 30.7 Å². The first-order valence-corrected chi connectivity index (χ1v) is 8.45. The van der Waals surface area contributed by atoms with E-state index in [1.54, 1.807) is 6.33 Å². The number of fused-ring (bicyclic) bond motifs is 1. The molecular weight excluding hydrogens is 298 g/mol. The Morgan fingerprint density at radius 1 is 1.17 bits per heavy atom. The summed E-state index contributed by atoms with van der Waals surface area (Å²) in [5, 5.41) is 0.963. The van der Waals surface area contributed by atoms with E-state index in [0.29, 0.717) is 12.0 Å². The smallest absolute Gasteiger partial charge is 0.147 e. The maximum atomic E-state index is 6.24. The standard InChI is InChI=1S/C19H23N5/c1-12-6-7-14(13(2)9-12)15-10-24(16-5-4-8-23(16)3)19-17(15)18(20)21-11-22-19/h6-7,9-11,16H,4-5,8H2,1-3H3,(H2,20,21,22). The number of anilines is 1. The monoisotopic (exact) mass is 321 g/mol. The summed E-state index contributed by atoms with van der Waals surface area (Å²) in [5.74, 6) is 0.550. The number of hydrogen-bond acceptors (Lipinski definition) is 4. The second kappa shape index (κ2) is 5.60. The van der Waals surface area contributed by atoms with Gasteiger partial charge >= 0.3 is 0 Å². The van der Waals surface area contributed by atoms with E-state index < -0.39 is 0 Å². The molecule has 124 valence electrons. The molecule has 0 bridgehead atoms. The van der Waals surface area contributed by atoms with Gasteiger partial charge in [-0.25, -0.2) is 9.97 Å². The van der Waals surface area contributed by atoms with Crippen molar-refractivity contribution < 1.29 is 0 Å². The van der Waals surface area contributed by atoms with Crippen LogP contribution in [0.2, 0.25) is 0 Å². The Bertz CT molecular complexity index is 912. The summed E-state index contributed by atoms with van der Waals surface area (Å²) in [7, 11) is 2.17. The fourth-order valence-corrected chi connectivity index (χ4v) is 3.90. The van der Waals surface area contributed by atoms with Crippen LogP contribution in [0, 0.1) is 13.8 Å². The van der Waals surface area contributed by atoms with Gasteiger partial charge in [0, 0.05) is 11.8 Å². The predicted molar refractivity (Wildman–Crippen MR) is 97.8 cm³/mol. The van der Waals surface area contributed by atoms with Crippen molar-refractivity contribution in [2.75, 3.05) is 19.3 Å². The highest BCUT2D eigenvalue weighted by Gasteiger charge is 2.26. The van der Waals surface area contributed by atoms with Gasteiger partial charge in [0.05, 0.1) is 11.6 Å². The Hall–Kier alpha value is -2.40. The summed E-state index contributed by atoms with van der Waals surface area (Å²) < 4.78 is 2.27. The van der Waals surface area contributed by atoms with Crippen LogP contribution in [0.25, 0.3) is 22.2 Å². The third-order valence-corrected chi connectivity index (χ3v) is 5.11. The molecular formula is C19H23N5. The maximum absolute atomic E-state index is 6.24. The second-order valence-corrected chi connectivity index (χ2v) is 6.83. The van der Waals surface area contributed by atoms with Gasteiger partial charge in [0.25, 0.3) is 0 Å². The normalized spacial score (nSPS) is 18.5. The number of benzene rings is 1. The van der Waals surface area contributed by atoms with E-state index in [2.05, 4.69) is 64.7 Å². The van der Waals surface area contributed by atoms with Crippen LogP contribution < -0.4 is 5.73 Å². The van der Waals surface area contributed by atoms with Crippen molar-refractivity contribution in [1.29, 1.82) is 0 Å². The number of nitrogens with zero attached hydrogens (tertiary/aromatic N) is 4. The molecule has 1 fully saturated rings. The summed E-state index contributed by atoms with van der Waals surface area (Å²) in [5.41, 5.74) is 12.0. The molecule has 5 nitrogen and oxygen atoms in total. The first-order valence-electron chi connectivity index (χ1n) is 8.45. The number of aromatic nitrogens is 3. The summed E-state index contributed by atoms with van der Waals surface area (Å²) in [4.78, 5) is 11.2. The van der Waals surface area contributed by atoms with E-state index in [4.69, 9.17) is 5.73 Å². The molecule has 1 aromatic carbocycles. The van der Waals surface area contributed by atoms with E-state index in [9.17, 15) is 0 Å². The first kappa shape index (κ1) is 15.1. The largest absolute Gasteiger partial charge is 0.383 e. The Morgan fingerprint density at radius 2 is 2.00 bits per heavy atom. The Morgan fingerprint density at radius 3 is 2.71 bits per heavy atom. The number of rotatable bonds is 2. The average molecular weight is 321 g/mol. The molecule has 1 aliphatic heterocycles. The molecule has 3 heterocycles. The third-order valence-electron chi connectivity index (χ3n) is 5.11. The first-order chi connectivity index (χ1) is 11.6. The zero-order chi connectivity index (χ0) is 16.8. The maximum Gasteiger partial charge on any atom is 0.147 e. The minimum absolute atomic E-state index is 0.335. The lowest BCUT2D eigenvalue weighted by Crippen LogP contribution is -2.22. The summed E-state index contributed by atoms with van der Waals surface area (Å²) in [6.45, 7) is 5.38. The van der Waals surface area contributed by atoms with E-state index in [1.807, 2.05) is 0 Å². The molecule has 1 saturated heterocycles. The molecule has 2 aromatic heterocycles. The molecule has 0 radical (unpaired) electrons. The molecule has 0 saturated carbocycles. The molecule has 0 amide bonds. The summed E-state index contributed by atoms with van der Waals surface area (Å²) in [6, 6.07) is 6.53. The molecule has 4 rings (SSSR count). The van der Waals surface area contributed by atoms with Crippen LogP contribution in [0.3, 0.4) is 0 Å². The van der Waals surface area contributed by atoms with Crippen LogP contribution in [-0.4, -0.2) is 33.0 Å². The van der Waals surface area contributed by atoms with Gasteiger partial charge in [-0.2, -0.15) is 0 Å². The zero-order valence-electron chi connectivity index (χ0n) is 14.5. The number of nitrogen functional groups attached to an aromatic ring is 1. The van der Waals surface area contributed by atoms with Crippen molar-refractivity contribution in [2.24, 2.45) is 0 Å². The Labute approximate surface area is 142 Å². The zero-order valence-corrected chi connectivity index (χ0v) is 14.5. The fraction of sp³-hybridized carbons (Fsp3) is 0.368. The van der Waals surface area contributed by atoms with Crippen molar-refractivity contribution in [3.05, 3.63) is 41.9 Å². The average Bonchev–Trinajstić information content (AvgIpc) is 3.12. The lowest BCUT2D eigenvalue weighted by Gasteiger charge is -2.21. The van der Waals surface area contributed by atoms with E-state index >= 15 is 0 Å². The molecule has 1 aliphatic rings. The molecule has 0 spiro atoms. The topological polar surface area (TPSA) is 60.0 Å². The van der Waals surface area contributed by atoms with Gasteiger partial charge in [-0.15, -0.1) is 0 Å². The fourth-order valence-electron chi connectivity index (χ4n) is 3.90. The number of hydrogen-bond donors (Lipinski definition) is 1. The highest BCUT2D eigenvalue weighted by Crippen LogP contribution is 2.38. The lowest BCUT2D eigenvalue weighted by atomic mass is 9.99. The van der Waals surface area contributed by atoms with Gasteiger partial charge in [0.1, 0.15) is 17.8 Å². The lowest BCUT2D eigenvalue weighted by molar-refractivity contribution is 0.243. The van der Waals surface area contributed by atoms with Crippen LogP contribution in [0.5, 0.6) is 0 Å². The van der Waals surface area contributed by atoms with Crippen LogP contribution >= 0.6 is 0 Å². The van der Waals surface area contributed by atoms with Crippen LogP contribution in [0.1, 0.15) is 30.1 Å². The van der Waals surface area contributed by atoms with Gasteiger partial charge in [0.2, 0.25) is 0 Å². The van der Waals surface area contributed by atoms with Crippen molar-refractivity contribution >= 4 is 16.9 Å². The molecule has 2 N–H and O–H groups in total. The molecule has 1 unspecified atom stereocenters. The SMILES string of the molecule is Cc1ccc(-c2cn(C3CCCN3C)c3ncnc(N)c23)c(C)c1. The van der Waals surface area contributed by atoms with E-state index in [1.165, 1.54) is 23.1 Å². The molecule has 5 heteroatoms. The summed E-state index contributed by atoms with van der Waals surface area (Å²) in [6.07, 6.45) is 6.45. The number of aryl methyl sites for hydroxylation is 2. The molecule has 0 aliphatic carbocycles. The van der Waals surface area contributed by atoms with Crippen molar-refractivity contribution in [1.82, 2.24) is 19.4 Å². The molecule has 3 aromatic rings. The quantitative estimate of drug-likeness (QED) is 0.784. The van der Waals surface area contributed by atoms with Crippen molar-refractivity contribution in [3.63, 3.8) is 0 Å². The Balaban J connectivity index is 1.99. The number of nitrogens with two attached hydrogens (primary N) is 1.